The molecule has 0 heterocycles. The zero-order chi connectivity index (χ0) is 13.1. The molecule has 17 heavy (non-hydrogen) atoms. The van der Waals surface area contributed by atoms with Crippen LogP contribution in [0.25, 0.3) is 0 Å². The molecule has 0 amide bonds. The van der Waals surface area contributed by atoms with E-state index in [2.05, 4.69) is 20.7 Å². The van der Waals surface area contributed by atoms with Crippen molar-refractivity contribution >= 4 is 26.0 Å². The maximum Gasteiger partial charge on any atom is 0.241 e. The Hall–Kier alpha value is -0.390. The Morgan fingerprint density at radius 2 is 1.94 bits per heavy atom. The molecule has 0 saturated carbocycles. The number of halogens is 1. The lowest BCUT2D eigenvalue weighted by Gasteiger charge is -2.27. The summed E-state index contributed by atoms with van der Waals surface area (Å²) in [5, 5.41) is 0.585. The van der Waals surface area contributed by atoms with Crippen molar-refractivity contribution in [1.29, 1.82) is 0 Å². The van der Waals surface area contributed by atoms with Crippen LogP contribution in [0.1, 0.15) is 25.8 Å². The second kappa shape index (κ2) is 5.50. The molecular formula is C12H18BrNO2S. The average molecular weight is 320 g/mol. The van der Waals surface area contributed by atoms with Crippen LogP contribution in [0.2, 0.25) is 0 Å². The van der Waals surface area contributed by atoms with Gasteiger partial charge in [-0.15, -0.1) is 0 Å². The molecule has 0 aliphatic carbocycles. The number of benzene rings is 1. The van der Waals surface area contributed by atoms with Crippen LogP contribution >= 0.6 is 15.9 Å². The number of alkyl halides is 1. The molecule has 0 spiro atoms. The van der Waals surface area contributed by atoms with E-state index < -0.39 is 15.6 Å². The highest BCUT2D eigenvalue weighted by Gasteiger charge is 2.28. The van der Waals surface area contributed by atoms with E-state index in [1.54, 1.807) is 25.1 Å². The summed E-state index contributed by atoms with van der Waals surface area (Å²) >= 11 is 3.35. The van der Waals surface area contributed by atoms with Gasteiger partial charge in [-0.3, -0.25) is 0 Å². The highest BCUT2D eigenvalue weighted by Crippen LogP contribution is 2.20. The fourth-order valence-electron chi connectivity index (χ4n) is 1.43. The molecule has 0 aliphatic rings. The first kappa shape index (κ1) is 14.7. The third-order valence-electron chi connectivity index (χ3n) is 2.84. The molecule has 0 aromatic heterocycles. The lowest BCUT2D eigenvalue weighted by molar-refractivity contribution is 0.449. The van der Waals surface area contributed by atoms with Crippen LogP contribution < -0.4 is 4.72 Å². The van der Waals surface area contributed by atoms with Crippen molar-refractivity contribution < 1.29 is 8.42 Å². The molecule has 1 unspecified atom stereocenters. The Bertz CT molecular complexity index is 481. The fourth-order valence-corrected chi connectivity index (χ4v) is 3.88. The van der Waals surface area contributed by atoms with E-state index in [0.717, 1.165) is 12.0 Å². The lowest BCUT2D eigenvalue weighted by atomic mass is 10.0. The van der Waals surface area contributed by atoms with E-state index >= 15 is 0 Å². The zero-order valence-corrected chi connectivity index (χ0v) is 12.7. The molecular weight excluding hydrogens is 302 g/mol. The number of rotatable bonds is 5. The van der Waals surface area contributed by atoms with Gasteiger partial charge in [-0.1, -0.05) is 41.1 Å². The first-order valence-corrected chi connectivity index (χ1v) is 8.11. The summed E-state index contributed by atoms with van der Waals surface area (Å²) < 4.78 is 27.3. The predicted molar refractivity (Wildman–Crippen MR) is 74.0 cm³/mol. The van der Waals surface area contributed by atoms with Gasteiger partial charge in [0, 0.05) is 10.9 Å². The molecule has 1 rings (SSSR count). The SMILES string of the molecule is CCC(C)(CBr)NS(=O)(=O)c1ccccc1C. The van der Waals surface area contributed by atoms with E-state index in [-0.39, 0.29) is 0 Å². The Balaban J connectivity index is 3.10. The third kappa shape index (κ3) is 3.53. The van der Waals surface area contributed by atoms with Crippen LogP contribution in [-0.4, -0.2) is 19.3 Å². The summed E-state index contributed by atoms with van der Waals surface area (Å²) in [6.07, 6.45) is 0.726. The Morgan fingerprint density at radius 1 is 1.35 bits per heavy atom. The van der Waals surface area contributed by atoms with Crippen LogP contribution in [0.15, 0.2) is 29.2 Å². The molecule has 96 valence electrons. The van der Waals surface area contributed by atoms with Gasteiger partial charge in [0.2, 0.25) is 10.0 Å². The summed E-state index contributed by atoms with van der Waals surface area (Å²) in [4.78, 5) is 0.348. The van der Waals surface area contributed by atoms with Crippen molar-refractivity contribution in [1.82, 2.24) is 4.72 Å². The first-order valence-electron chi connectivity index (χ1n) is 5.50. The number of nitrogens with one attached hydrogen (secondary N) is 1. The van der Waals surface area contributed by atoms with Crippen LogP contribution in [0.5, 0.6) is 0 Å². The minimum Gasteiger partial charge on any atom is -0.207 e. The second-order valence-corrected chi connectivity index (χ2v) is 6.63. The molecule has 1 aromatic carbocycles. The summed E-state index contributed by atoms with van der Waals surface area (Å²) in [6.45, 7) is 5.64. The minimum atomic E-state index is -3.45. The summed E-state index contributed by atoms with van der Waals surface area (Å²) in [5.74, 6) is 0. The number of hydrogen-bond donors (Lipinski definition) is 1. The van der Waals surface area contributed by atoms with Crippen molar-refractivity contribution in [3.05, 3.63) is 29.8 Å². The highest BCUT2D eigenvalue weighted by molar-refractivity contribution is 9.09. The van der Waals surface area contributed by atoms with Gasteiger partial charge in [-0.2, -0.15) is 0 Å². The van der Waals surface area contributed by atoms with Crippen molar-refractivity contribution in [2.75, 3.05) is 5.33 Å². The normalized spacial score (nSPS) is 15.5. The molecule has 0 fully saturated rings. The second-order valence-electron chi connectivity index (χ2n) is 4.42. The van der Waals surface area contributed by atoms with Gasteiger partial charge in [0.05, 0.1) is 4.90 Å². The van der Waals surface area contributed by atoms with Crippen LogP contribution in [0, 0.1) is 6.92 Å². The van der Waals surface area contributed by atoms with Crippen LogP contribution in [0.3, 0.4) is 0 Å². The molecule has 0 radical (unpaired) electrons. The standard InChI is InChI=1S/C12H18BrNO2S/c1-4-12(3,9-13)14-17(15,16)11-8-6-5-7-10(11)2/h5-8,14H,4,9H2,1-3H3. The van der Waals surface area contributed by atoms with E-state index in [9.17, 15) is 8.42 Å². The Morgan fingerprint density at radius 3 is 2.41 bits per heavy atom. The van der Waals surface area contributed by atoms with Crippen LogP contribution in [-0.2, 0) is 10.0 Å². The van der Waals surface area contributed by atoms with Crippen LogP contribution in [0.4, 0.5) is 0 Å². The maximum absolute atomic E-state index is 12.3. The summed E-state index contributed by atoms with van der Waals surface area (Å²) in [7, 11) is -3.45. The molecule has 5 heteroatoms. The van der Waals surface area contributed by atoms with Crippen molar-refractivity contribution in [3.8, 4) is 0 Å². The molecule has 0 bridgehead atoms. The summed E-state index contributed by atoms with van der Waals surface area (Å²) in [6, 6.07) is 6.99. The fraction of sp³-hybridized carbons (Fsp3) is 0.500. The molecule has 1 atom stereocenters. The highest BCUT2D eigenvalue weighted by atomic mass is 79.9. The van der Waals surface area contributed by atoms with Gasteiger partial charge in [0.15, 0.2) is 0 Å². The first-order chi connectivity index (χ1) is 7.84. The monoisotopic (exact) mass is 319 g/mol. The molecule has 0 aliphatic heterocycles. The third-order valence-corrected chi connectivity index (χ3v) is 5.88. The van der Waals surface area contributed by atoms with E-state index in [4.69, 9.17) is 0 Å². The predicted octanol–water partition coefficient (Wildman–Crippen LogP) is 2.84. The van der Waals surface area contributed by atoms with Gasteiger partial charge < -0.3 is 0 Å². The Kier molecular flexibility index (Phi) is 4.75. The molecule has 0 saturated heterocycles. The number of hydrogen-bond acceptors (Lipinski definition) is 2. The zero-order valence-electron chi connectivity index (χ0n) is 10.3. The lowest BCUT2D eigenvalue weighted by Crippen LogP contribution is -2.46. The number of aryl methyl sites for hydroxylation is 1. The van der Waals surface area contributed by atoms with Gasteiger partial charge >= 0.3 is 0 Å². The van der Waals surface area contributed by atoms with Gasteiger partial charge in [0.25, 0.3) is 0 Å². The van der Waals surface area contributed by atoms with Crippen molar-refractivity contribution in [3.63, 3.8) is 0 Å². The van der Waals surface area contributed by atoms with E-state index in [1.807, 2.05) is 19.9 Å². The van der Waals surface area contributed by atoms with Crippen molar-refractivity contribution in [2.24, 2.45) is 0 Å². The topological polar surface area (TPSA) is 46.2 Å². The Labute approximate surface area is 112 Å². The summed E-state index contributed by atoms with van der Waals surface area (Å²) in [5.41, 5.74) is 0.300. The molecule has 1 N–H and O–H groups in total. The minimum absolute atomic E-state index is 0.348. The molecule has 3 nitrogen and oxygen atoms in total. The van der Waals surface area contributed by atoms with Gasteiger partial charge in [0.1, 0.15) is 0 Å². The largest absolute Gasteiger partial charge is 0.241 e. The molecule has 1 aromatic rings. The smallest absolute Gasteiger partial charge is 0.207 e. The maximum atomic E-state index is 12.3. The van der Waals surface area contributed by atoms with Crippen molar-refractivity contribution in [2.45, 2.75) is 37.6 Å². The number of sulfonamides is 1. The van der Waals surface area contributed by atoms with E-state index in [1.165, 1.54) is 0 Å². The van der Waals surface area contributed by atoms with Gasteiger partial charge in [-0.25, -0.2) is 13.1 Å². The van der Waals surface area contributed by atoms with Gasteiger partial charge in [-0.05, 0) is 31.9 Å². The quantitative estimate of drug-likeness (QED) is 0.848. The van der Waals surface area contributed by atoms with E-state index in [0.29, 0.717) is 10.2 Å². The average Bonchev–Trinajstić information content (AvgIpc) is 2.28.